The molecular formula is C19H22N2O3. The van der Waals surface area contributed by atoms with E-state index in [4.69, 9.17) is 4.74 Å². The van der Waals surface area contributed by atoms with Gasteiger partial charge < -0.3 is 10.1 Å². The third kappa shape index (κ3) is 3.91. The number of nitrogens with one attached hydrogen (secondary N) is 1. The minimum absolute atomic E-state index is 0.112. The van der Waals surface area contributed by atoms with Crippen LogP contribution in [0, 0.1) is 0 Å². The molecule has 1 amide bonds. The molecule has 1 aromatic heterocycles. The summed E-state index contributed by atoms with van der Waals surface area (Å²) in [6.07, 6.45) is 3.18. The number of esters is 1. The molecule has 0 aliphatic heterocycles. The van der Waals surface area contributed by atoms with Crippen molar-refractivity contribution in [3.8, 4) is 0 Å². The van der Waals surface area contributed by atoms with Crippen molar-refractivity contribution in [2.75, 3.05) is 13.2 Å². The third-order valence-electron chi connectivity index (χ3n) is 4.12. The smallest absolute Gasteiger partial charge is 0.305 e. The van der Waals surface area contributed by atoms with Crippen LogP contribution >= 0.6 is 0 Å². The minimum Gasteiger partial charge on any atom is -0.466 e. The predicted octanol–water partition coefficient (Wildman–Crippen LogP) is 3.19. The summed E-state index contributed by atoms with van der Waals surface area (Å²) in [6, 6.07) is 9.64. The normalized spacial score (nSPS) is 13.7. The molecule has 24 heavy (non-hydrogen) atoms. The molecule has 0 radical (unpaired) electrons. The van der Waals surface area contributed by atoms with Gasteiger partial charge in [0.1, 0.15) is 0 Å². The van der Waals surface area contributed by atoms with Gasteiger partial charge in [-0.15, -0.1) is 0 Å². The van der Waals surface area contributed by atoms with Crippen molar-refractivity contribution in [2.45, 2.75) is 38.5 Å². The number of ether oxygens (including phenoxy) is 1. The van der Waals surface area contributed by atoms with Crippen LogP contribution in [-0.2, 0) is 9.53 Å². The number of fused-ring (bicyclic) bond motifs is 1. The summed E-state index contributed by atoms with van der Waals surface area (Å²) in [4.78, 5) is 28.6. The standard InChI is InChI=1S/C19H22N2O3/c1-2-24-18(22)8-5-11-20-19(23)15-12-17(13-9-10-13)21-16-7-4-3-6-14(15)16/h3-4,6-7,12-13H,2,5,8-11H2,1H3,(H,20,23). The van der Waals surface area contributed by atoms with E-state index in [0.29, 0.717) is 37.5 Å². The number of carbonyl (C=O) groups excluding carboxylic acids is 2. The number of nitrogens with zero attached hydrogens (tertiary/aromatic N) is 1. The lowest BCUT2D eigenvalue weighted by atomic mass is 10.1. The number of hydrogen-bond acceptors (Lipinski definition) is 4. The summed E-state index contributed by atoms with van der Waals surface area (Å²) >= 11 is 0. The molecule has 5 heteroatoms. The van der Waals surface area contributed by atoms with Gasteiger partial charge in [0.15, 0.2) is 0 Å². The zero-order valence-corrected chi connectivity index (χ0v) is 13.9. The van der Waals surface area contributed by atoms with Gasteiger partial charge in [-0.1, -0.05) is 18.2 Å². The zero-order valence-electron chi connectivity index (χ0n) is 13.9. The van der Waals surface area contributed by atoms with Crippen LogP contribution in [-0.4, -0.2) is 30.0 Å². The molecule has 0 bridgehead atoms. The number of hydrogen-bond donors (Lipinski definition) is 1. The molecule has 1 aliphatic rings. The third-order valence-corrected chi connectivity index (χ3v) is 4.12. The van der Waals surface area contributed by atoms with Gasteiger partial charge in [0, 0.05) is 30.0 Å². The first kappa shape index (κ1) is 16.4. The van der Waals surface area contributed by atoms with Crippen LogP contribution < -0.4 is 5.32 Å². The van der Waals surface area contributed by atoms with E-state index in [2.05, 4.69) is 10.3 Å². The molecule has 1 aromatic carbocycles. The fourth-order valence-corrected chi connectivity index (χ4v) is 2.74. The van der Waals surface area contributed by atoms with Crippen LogP contribution in [0.5, 0.6) is 0 Å². The molecule has 1 aliphatic carbocycles. The van der Waals surface area contributed by atoms with Gasteiger partial charge >= 0.3 is 5.97 Å². The summed E-state index contributed by atoms with van der Waals surface area (Å²) in [7, 11) is 0. The first-order chi connectivity index (χ1) is 11.7. The molecule has 3 rings (SSSR count). The van der Waals surface area contributed by atoms with Gasteiger partial charge in [-0.2, -0.15) is 0 Å². The molecule has 0 saturated heterocycles. The van der Waals surface area contributed by atoms with E-state index in [-0.39, 0.29) is 11.9 Å². The topological polar surface area (TPSA) is 68.3 Å². The van der Waals surface area contributed by atoms with Crippen molar-refractivity contribution in [1.29, 1.82) is 0 Å². The average Bonchev–Trinajstić information content (AvgIpc) is 3.43. The first-order valence-electron chi connectivity index (χ1n) is 8.52. The Balaban J connectivity index is 1.68. The highest BCUT2D eigenvalue weighted by atomic mass is 16.5. The lowest BCUT2D eigenvalue weighted by molar-refractivity contribution is -0.143. The summed E-state index contributed by atoms with van der Waals surface area (Å²) < 4.78 is 4.88. The van der Waals surface area contributed by atoms with Gasteiger partial charge in [-0.25, -0.2) is 0 Å². The minimum atomic E-state index is -0.225. The highest BCUT2D eigenvalue weighted by molar-refractivity contribution is 6.06. The van der Waals surface area contributed by atoms with Gasteiger partial charge in [-0.05, 0) is 38.3 Å². The number of benzene rings is 1. The van der Waals surface area contributed by atoms with Crippen LogP contribution in [0.15, 0.2) is 30.3 Å². The SMILES string of the molecule is CCOC(=O)CCCNC(=O)c1cc(C2CC2)nc2ccccc12. The number of rotatable bonds is 7. The lowest BCUT2D eigenvalue weighted by Gasteiger charge is -2.10. The van der Waals surface area contributed by atoms with Crippen LogP contribution in [0.4, 0.5) is 0 Å². The van der Waals surface area contributed by atoms with E-state index in [1.807, 2.05) is 30.3 Å². The van der Waals surface area contributed by atoms with Crippen molar-refractivity contribution in [3.63, 3.8) is 0 Å². The van der Waals surface area contributed by atoms with Crippen LogP contribution in [0.1, 0.15) is 54.6 Å². The van der Waals surface area contributed by atoms with E-state index >= 15 is 0 Å². The fourth-order valence-electron chi connectivity index (χ4n) is 2.74. The maximum atomic E-state index is 12.6. The first-order valence-corrected chi connectivity index (χ1v) is 8.52. The summed E-state index contributed by atoms with van der Waals surface area (Å²) in [6.45, 7) is 2.62. The van der Waals surface area contributed by atoms with Crippen LogP contribution in [0.25, 0.3) is 10.9 Å². The molecule has 1 saturated carbocycles. The Labute approximate surface area is 141 Å². The Bertz CT molecular complexity index is 753. The molecule has 1 heterocycles. The van der Waals surface area contributed by atoms with Crippen molar-refractivity contribution < 1.29 is 14.3 Å². The second-order valence-corrected chi connectivity index (χ2v) is 6.05. The monoisotopic (exact) mass is 326 g/mol. The molecular weight excluding hydrogens is 304 g/mol. The zero-order chi connectivity index (χ0) is 16.9. The molecule has 126 valence electrons. The van der Waals surface area contributed by atoms with Crippen molar-refractivity contribution in [3.05, 3.63) is 41.6 Å². The van der Waals surface area contributed by atoms with E-state index < -0.39 is 0 Å². The van der Waals surface area contributed by atoms with E-state index in [9.17, 15) is 9.59 Å². The summed E-state index contributed by atoms with van der Waals surface area (Å²) in [5, 5.41) is 3.77. The van der Waals surface area contributed by atoms with Gasteiger partial charge in [0.2, 0.25) is 0 Å². The molecule has 5 nitrogen and oxygen atoms in total. The Morgan fingerprint density at radius 1 is 1.29 bits per heavy atom. The quantitative estimate of drug-likeness (QED) is 0.627. The number of aromatic nitrogens is 1. The maximum Gasteiger partial charge on any atom is 0.305 e. The molecule has 0 atom stereocenters. The molecule has 0 spiro atoms. The highest BCUT2D eigenvalue weighted by Gasteiger charge is 2.26. The molecule has 2 aromatic rings. The molecule has 1 fully saturated rings. The largest absolute Gasteiger partial charge is 0.466 e. The number of amides is 1. The predicted molar refractivity (Wildman–Crippen MR) is 91.9 cm³/mol. The fraction of sp³-hybridized carbons (Fsp3) is 0.421. The second-order valence-electron chi connectivity index (χ2n) is 6.05. The van der Waals surface area contributed by atoms with E-state index in [1.165, 1.54) is 0 Å². The summed E-state index contributed by atoms with van der Waals surface area (Å²) in [5.74, 6) is 0.154. The maximum absolute atomic E-state index is 12.6. The Hall–Kier alpha value is -2.43. The lowest BCUT2D eigenvalue weighted by Crippen LogP contribution is -2.25. The Morgan fingerprint density at radius 3 is 2.83 bits per heavy atom. The van der Waals surface area contributed by atoms with E-state index in [1.54, 1.807) is 6.92 Å². The van der Waals surface area contributed by atoms with Gasteiger partial charge in [-0.3, -0.25) is 14.6 Å². The van der Waals surface area contributed by atoms with Crippen molar-refractivity contribution >= 4 is 22.8 Å². The van der Waals surface area contributed by atoms with E-state index in [0.717, 1.165) is 29.4 Å². The number of pyridine rings is 1. The van der Waals surface area contributed by atoms with Crippen LogP contribution in [0.2, 0.25) is 0 Å². The van der Waals surface area contributed by atoms with Gasteiger partial charge in [0.25, 0.3) is 5.91 Å². The summed E-state index contributed by atoms with van der Waals surface area (Å²) in [5.41, 5.74) is 2.53. The Morgan fingerprint density at radius 2 is 2.08 bits per heavy atom. The Kier molecular flexibility index (Phi) is 5.08. The molecule has 1 N–H and O–H groups in total. The van der Waals surface area contributed by atoms with Crippen molar-refractivity contribution in [2.24, 2.45) is 0 Å². The van der Waals surface area contributed by atoms with Crippen LogP contribution in [0.3, 0.4) is 0 Å². The highest BCUT2D eigenvalue weighted by Crippen LogP contribution is 2.40. The van der Waals surface area contributed by atoms with Gasteiger partial charge in [0.05, 0.1) is 17.7 Å². The average molecular weight is 326 g/mol. The number of para-hydroxylation sites is 1. The number of carbonyl (C=O) groups is 2. The van der Waals surface area contributed by atoms with Crippen molar-refractivity contribution in [1.82, 2.24) is 10.3 Å². The second kappa shape index (κ2) is 7.43. The molecule has 0 unspecified atom stereocenters.